The Labute approximate surface area is 127 Å². The maximum absolute atomic E-state index is 12.8. The van der Waals surface area contributed by atoms with E-state index in [1.54, 1.807) is 0 Å². The van der Waals surface area contributed by atoms with Crippen molar-refractivity contribution in [3.63, 3.8) is 0 Å². The van der Waals surface area contributed by atoms with E-state index in [9.17, 15) is 4.79 Å². The summed E-state index contributed by atoms with van der Waals surface area (Å²) >= 11 is 0. The third kappa shape index (κ3) is 3.46. The monoisotopic (exact) mass is 287 g/mol. The lowest BCUT2D eigenvalue weighted by molar-refractivity contribution is -0.137. The van der Waals surface area contributed by atoms with Gasteiger partial charge in [0.05, 0.1) is 5.41 Å². The molecule has 3 rings (SSSR count). The Kier molecular flexibility index (Phi) is 4.59. The Balaban J connectivity index is 1.67. The van der Waals surface area contributed by atoms with Gasteiger partial charge in [0.15, 0.2) is 0 Å². The van der Waals surface area contributed by atoms with Gasteiger partial charge < -0.3 is 10.1 Å². The minimum absolute atomic E-state index is 0.238. The van der Waals surface area contributed by atoms with Crippen molar-refractivity contribution in [2.45, 2.75) is 38.5 Å². The fourth-order valence-electron chi connectivity index (χ4n) is 3.35. The van der Waals surface area contributed by atoms with Crippen LogP contribution in [0.15, 0.2) is 30.3 Å². The van der Waals surface area contributed by atoms with Gasteiger partial charge >= 0.3 is 0 Å². The van der Waals surface area contributed by atoms with Gasteiger partial charge in [-0.05, 0) is 43.6 Å². The number of carbonyl (C=O) groups excluding carboxylic acids is 1. The van der Waals surface area contributed by atoms with Crippen LogP contribution in [0.3, 0.4) is 0 Å². The van der Waals surface area contributed by atoms with E-state index in [0.29, 0.717) is 19.1 Å². The lowest BCUT2D eigenvalue weighted by Gasteiger charge is -2.37. The molecule has 1 aliphatic heterocycles. The standard InChI is InChI=1S/C18H25NO2/c20-17(19-14-16-7-4-8-16)18(9-11-21-12-10-18)13-15-5-2-1-3-6-15/h1-3,5-6,16H,4,7-14H2,(H,19,20). The molecule has 0 aromatic heterocycles. The topological polar surface area (TPSA) is 38.3 Å². The molecule has 1 saturated carbocycles. The Morgan fingerprint density at radius 3 is 2.52 bits per heavy atom. The molecule has 0 spiro atoms. The number of amides is 1. The van der Waals surface area contributed by atoms with Gasteiger partial charge in [-0.1, -0.05) is 36.8 Å². The molecule has 0 unspecified atom stereocenters. The van der Waals surface area contributed by atoms with Crippen molar-refractivity contribution in [2.24, 2.45) is 11.3 Å². The maximum atomic E-state index is 12.8. The number of benzene rings is 1. The number of hydrogen-bond donors (Lipinski definition) is 1. The van der Waals surface area contributed by atoms with Crippen LogP contribution in [0, 0.1) is 11.3 Å². The van der Waals surface area contributed by atoms with Crippen LogP contribution in [0.5, 0.6) is 0 Å². The molecule has 1 aliphatic carbocycles. The van der Waals surface area contributed by atoms with Gasteiger partial charge in [0.25, 0.3) is 0 Å². The first-order chi connectivity index (χ1) is 10.3. The van der Waals surface area contributed by atoms with Crippen LogP contribution in [0.1, 0.15) is 37.7 Å². The molecule has 3 heteroatoms. The van der Waals surface area contributed by atoms with E-state index in [-0.39, 0.29) is 11.3 Å². The minimum atomic E-state index is -0.274. The fraction of sp³-hybridized carbons (Fsp3) is 0.611. The van der Waals surface area contributed by atoms with Gasteiger partial charge in [-0.25, -0.2) is 0 Å². The Hall–Kier alpha value is -1.35. The SMILES string of the molecule is O=C(NCC1CCC1)C1(Cc2ccccc2)CCOCC1. The highest BCUT2D eigenvalue weighted by atomic mass is 16.5. The van der Waals surface area contributed by atoms with Crippen molar-refractivity contribution in [1.82, 2.24) is 5.32 Å². The lowest BCUT2D eigenvalue weighted by atomic mass is 9.74. The normalized spacial score (nSPS) is 21.5. The van der Waals surface area contributed by atoms with Gasteiger partial charge in [-0.2, -0.15) is 0 Å². The Morgan fingerprint density at radius 2 is 1.90 bits per heavy atom. The quantitative estimate of drug-likeness (QED) is 0.904. The second kappa shape index (κ2) is 6.61. The number of rotatable bonds is 5. The highest BCUT2D eigenvalue weighted by molar-refractivity contribution is 5.83. The van der Waals surface area contributed by atoms with E-state index in [1.807, 2.05) is 6.07 Å². The van der Waals surface area contributed by atoms with Gasteiger partial charge in [0.2, 0.25) is 5.91 Å². The van der Waals surface area contributed by atoms with Crippen molar-refractivity contribution in [3.8, 4) is 0 Å². The number of ether oxygens (including phenoxy) is 1. The van der Waals surface area contributed by atoms with Crippen LogP contribution in [0.4, 0.5) is 0 Å². The molecule has 0 atom stereocenters. The van der Waals surface area contributed by atoms with Crippen LogP contribution in [-0.4, -0.2) is 25.7 Å². The molecule has 1 heterocycles. The molecule has 21 heavy (non-hydrogen) atoms. The second-order valence-corrected chi connectivity index (χ2v) is 6.56. The van der Waals surface area contributed by atoms with Gasteiger partial charge in [0, 0.05) is 19.8 Å². The van der Waals surface area contributed by atoms with Gasteiger partial charge in [-0.3, -0.25) is 4.79 Å². The summed E-state index contributed by atoms with van der Waals surface area (Å²) in [6, 6.07) is 10.4. The Bertz CT molecular complexity index is 461. The lowest BCUT2D eigenvalue weighted by Crippen LogP contribution is -2.47. The predicted molar refractivity (Wildman–Crippen MR) is 83.0 cm³/mol. The van der Waals surface area contributed by atoms with Crippen molar-refractivity contribution < 1.29 is 9.53 Å². The Morgan fingerprint density at radius 1 is 1.19 bits per heavy atom. The summed E-state index contributed by atoms with van der Waals surface area (Å²) in [6.45, 7) is 2.25. The summed E-state index contributed by atoms with van der Waals surface area (Å²) in [4.78, 5) is 12.8. The van der Waals surface area contributed by atoms with Crippen molar-refractivity contribution in [2.75, 3.05) is 19.8 Å². The molecular formula is C18H25NO2. The van der Waals surface area contributed by atoms with E-state index >= 15 is 0 Å². The van der Waals surface area contributed by atoms with Gasteiger partial charge in [0.1, 0.15) is 0 Å². The van der Waals surface area contributed by atoms with Crippen LogP contribution < -0.4 is 5.32 Å². The molecule has 2 fully saturated rings. The van der Waals surface area contributed by atoms with Crippen LogP contribution in [0.2, 0.25) is 0 Å². The molecule has 1 amide bonds. The minimum Gasteiger partial charge on any atom is -0.381 e. The first kappa shape index (κ1) is 14.6. The summed E-state index contributed by atoms with van der Waals surface area (Å²) in [5.74, 6) is 0.948. The largest absolute Gasteiger partial charge is 0.381 e. The number of nitrogens with one attached hydrogen (secondary N) is 1. The molecule has 2 aliphatic rings. The van der Waals surface area contributed by atoms with E-state index in [1.165, 1.54) is 24.8 Å². The molecule has 1 saturated heterocycles. The molecule has 1 aromatic rings. The van der Waals surface area contributed by atoms with E-state index in [4.69, 9.17) is 4.74 Å². The van der Waals surface area contributed by atoms with E-state index in [0.717, 1.165) is 25.8 Å². The van der Waals surface area contributed by atoms with Crippen LogP contribution >= 0.6 is 0 Å². The van der Waals surface area contributed by atoms with Gasteiger partial charge in [-0.15, -0.1) is 0 Å². The van der Waals surface area contributed by atoms with E-state index in [2.05, 4.69) is 29.6 Å². The average Bonchev–Trinajstić information content (AvgIpc) is 2.47. The highest BCUT2D eigenvalue weighted by Gasteiger charge is 2.40. The smallest absolute Gasteiger partial charge is 0.226 e. The summed E-state index contributed by atoms with van der Waals surface area (Å²) in [7, 11) is 0. The van der Waals surface area contributed by atoms with Crippen LogP contribution in [-0.2, 0) is 16.0 Å². The van der Waals surface area contributed by atoms with Crippen molar-refractivity contribution >= 4 is 5.91 Å². The molecule has 1 aromatic carbocycles. The highest BCUT2D eigenvalue weighted by Crippen LogP contribution is 2.35. The molecular weight excluding hydrogens is 262 g/mol. The fourth-order valence-corrected chi connectivity index (χ4v) is 3.35. The maximum Gasteiger partial charge on any atom is 0.226 e. The zero-order chi connectivity index (χ0) is 14.5. The third-order valence-corrected chi connectivity index (χ3v) is 5.09. The summed E-state index contributed by atoms with van der Waals surface area (Å²) in [6.07, 6.45) is 6.36. The summed E-state index contributed by atoms with van der Waals surface area (Å²) in [5.41, 5.74) is 0.974. The average molecular weight is 287 g/mol. The summed E-state index contributed by atoms with van der Waals surface area (Å²) in [5, 5.41) is 3.22. The second-order valence-electron chi connectivity index (χ2n) is 6.56. The van der Waals surface area contributed by atoms with Crippen molar-refractivity contribution in [3.05, 3.63) is 35.9 Å². The molecule has 0 radical (unpaired) electrons. The number of hydrogen-bond acceptors (Lipinski definition) is 2. The first-order valence-electron chi connectivity index (χ1n) is 8.18. The van der Waals surface area contributed by atoms with Crippen molar-refractivity contribution in [1.29, 1.82) is 0 Å². The summed E-state index contributed by atoms with van der Waals surface area (Å²) < 4.78 is 5.49. The molecule has 114 valence electrons. The zero-order valence-electron chi connectivity index (χ0n) is 12.6. The predicted octanol–water partition coefficient (Wildman–Crippen LogP) is 2.94. The first-order valence-corrected chi connectivity index (χ1v) is 8.18. The van der Waals surface area contributed by atoms with Crippen LogP contribution in [0.25, 0.3) is 0 Å². The molecule has 0 bridgehead atoms. The molecule has 1 N–H and O–H groups in total. The zero-order valence-corrected chi connectivity index (χ0v) is 12.6. The molecule has 3 nitrogen and oxygen atoms in total. The number of carbonyl (C=O) groups is 1. The van der Waals surface area contributed by atoms with E-state index < -0.39 is 0 Å². The third-order valence-electron chi connectivity index (χ3n) is 5.09.